The van der Waals surface area contributed by atoms with Gasteiger partial charge in [0.25, 0.3) is 0 Å². The minimum absolute atomic E-state index is 0.126. The summed E-state index contributed by atoms with van der Waals surface area (Å²) in [5, 5.41) is 0. The molecule has 2 aliphatic heterocycles. The van der Waals surface area contributed by atoms with Crippen LogP contribution in [-0.2, 0) is 18.9 Å². The molecule has 2 aliphatic rings. The predicted molar refractivity (Wildman–Crippen MR) is 156 cm³/mol. The maximum absolute atomic E-state index is 12.1. The quantitative estimate of drug-likeness (QED) is 0.274. The van der Waals surface area contributed by atoms with Crippen molar-refractivity contribution in [1.82, 2.24) is 19.1 Å². The fourth-order valence-corrected chi connectivity index (χ4v) is 6.74. The Balaban J connectivity index is 1.19. The number of hydrogen-bond acceptors (Lipinski definition) is 12. The van der Waals surface area contributed by atoms with Crippen LogP contribution in [0.15, 0.2) is 52.2 Å². The van der Waals surface area contributed by atoms with Crippen LogP contribution in [0.1, 0.15) is 39.0 Å². The fourth-order valence-electron chi connectivity index (χ4n) is 4.63. The van der Waals surface area contributed by atoms with Gasteiger partial charge in [-0.2, -0.15) is 9.97 Å². The molecule has 0 amide bonds. The van der Waals surface area contributed by atoms with E-state index in [4.69, 9.17) is 30.4 Å². The average molecular weight is 593 g/mol. The number of nitrogens with zero attached hydrogens (tertiary/aromatic N) is 4. The van der Waals surface area contributed by atoms with Gasteiger partial charge in [0.2, 0.25) is 0 Å². The molecule has 1 unspecified atom stereocenters. The molecule has 2 saturated heterocycles. The van der Waals surface area contributed by atoms with Gasteiger partial charge in [-0.3, -0.25) is 9.13 Å². The van der Waals surface area contributed by atoms with Gasteiger partial charge in [0.05, 0.1) is 12.7 Å². The SMILES string of the molecule is C=C=C(OC[C@H]1O[C@@H](n2ccc(N)nc2=O)CS1)C(C)(C)CC(C)COC[C@H]1CS[C@@H](n2ccc(N)nc2=O)O1. The van der Waals surface area contributed by atoms with E-state index in [2.05, 4.69) is 43.0 Å². The Morgan fingerprint density at radius 3 is 2.45 bits per heavy atom. The van der Waals surface area contributed by atoms with Crippen LogP contribution in [0.4, 0.5) is 11.6 Å². The zero-order valence-electron chi connectivity index (χ0n) is 22.9. The molecule has 0 aromatic carbocycles. The third-order valence-corrected chi connectivity index (χ3v) is 8.70. The summed E-state index contributed by atoms with van der Waals surface area (Å²) in [6, 6.07) is 3.15. The van der Waals surface area contributed by atoms with Gasteiger partial charge in [0.15, 0.2) is 5.56 Å². The van der Waals surface area contributed by atoms with Crippen molar-refractivity contribution in [3.63, 3.8) is 0 Å². The van der Waals surface area contributed by atoms with Crippen LogP contribution >= 0.6 is 23.5 Å². The van der Waals surface area contributed by atoms with Crippen molar-refractivity contribution < 1.29 is 18.9 Å². The van der Waals surface area contributed by atoms with Gasteiger partial charge in [0.1, 0.15) is 35.7 Å². The average Bonchev–Trinajstić information content (AvgIpc) is 3.54. The van der Waals surface area contributed by atoms with Gasteiger partial charge in [-0.1, -0.05) is 33.1 Å². The monoisotopic (exact) mass is 592 g/mol. The molecule has 4 heterocycles. The Labute approximate surface area is 241 Å². The van der Waals surface area contributed by atoms with E-state index in [9.17, 15) is 9.59 Å². The van der Waals surface area contributed by atoms with E-state index in [0.717, 1.165) is 6.42 Å². The fraction of sp³-hybridized carbons (Fsp3) is 0.577. The van der Waals surface area contributed by atoms with Crippen molar-refractivity contribution in [2.24, 2.45) is 11.3 Å². The highest BCUT2D eigenvalue weighted by Gasteiger charge is 2.33. The molecule has 14 heteroatoms. The molecule has 0 radical (unpaired) electrons. The van der Waals surface area contributed by atoms with Crippen LogP contribution in [0.25, 0.3) is 0 Å². The Morgan fingerprint density at radius 1 is 1.12 bits per heavy atom. The number of allylic oxidation sites excluding steroid dienone is 1. The van der Waals surface area contributed by atoms with Crippen LogP contribution in [0.2, 0.25) is 0 Å². The molecule has 0 saturated carbocycles. The molecule has 40 heavy (non-hydrogen) atoms. The zero-order chi connectivity index (χ0) is 28.9. The molecule has 2 aromatic rings. The Morgan fingerprint density at radius 2 is 1.80 bits per heavy atom. The molecule has 0 bridgehead atoms. The number of anilines is 2. The molecule has 12 nitrogen and oxygen atoms in total. The number of nitrogens with two attached hydrogens (primary N) is 2. The first-order valence-corrected chi connectivity index (χ1v) is 15.0. The second kappa shape index (κ2) is 13.3. The molecule has 4 rings (SSSR count). The first-order chi connectivity index (χ1) is 19.1. The largest absolute Gasteiger partial charge is 0.486 e. The van der Waals surface area contributed by atoms with E-state index >= 15 is 0 Å². The van der Waals surface area contributed by atoms with E-state index in [-0.39, 0.29) is 34.5 Å². The maximum Gasteiger partial charge on any atom is 0.352 e. The van der Waals surface area contributed by atoms with E-state index < -0.39 is 23.2 Å². The van der Waals surface area contributed by atoms with E-state index in [0.29, 0.717) is 37.1 Å². The van der Waals surface area contributed by atoms with Gasteiger partial charge in [-0.05, 0) is 24.5 Å². The first-order valence-electron chi connectivity index (χ1n) is 12.9. The summed E-state index contributed by atoms with van der Waals surface area (Å²) < 4.78 is 26.9. The standard InChI is InChI=1S/C26H36N6O6S2/c1-5-18(36-13-22-38-21(15-39-22)31-8-6-19(27)29-23(31)33)26(3,4)10-16(2)11-35-12-17-14-40-25(37-17)32-9-7-20(28)30-24(32)34/h6-9,16-17,21-22,25H,1,10-15H2,2-4H3,(H2,27,29,33)(H2,28,30,34)/t16?,17-,21+,22-,25-/m0/s1. The third kappa shape index (κ3) is 7.71. The Kier molecular flexibility index (Phi) is 10.0. The normalized spacial score (nSPS) is 23.6. The molecule has 0 aliphatic carbocycles. The lowest BCUT2D eigenvalue weighted by atomic mass is 9.82. The van der Waals surface area contributed by atoms with Crippen LogP contribution in [0.5, 0.6) is 0 Å². The van der Waals surface area contributed by atoms with Crippen LogP contribution in [0.3, 0.4) is 0 Å². The number of thioether (sulfide) groups is 2. The predicted octanol–water partition coefficient (Wildman–Crippen LogP) is 2.60. The summed E-state index contributed by atoms with van der Waals surface area (Å²) in [6.45, 7) is 11.4. The molecule has 0 spiro atoms. The zero-order valence-corrected chi connectivity index (χ0v) is 24.5. The summed E-state index contributed by atoms with van der Waals surface area (Å²) in [6.07, 6.45) is 3.42. The summed E-state index contributed by atoms with van der Waals surface area (Å²) in [7, 11) is 0. The van der Waals surface area contributed by atoms with Crippen molar-refractivity contribution in [1.29, 1.82) is 0 Å². The van der Waals surface area contributed by atoms with E-state index in [1.807, 2.05) is 0 Å². The van der Waals surface area contributed by atoms with E-state index in [1.165, 1.54) is 20.9 Å². The lowest BCUT2D eigenvalue weighted by molar-refractivity contribution is -0.0362. The third-order valence-electron chi connectivity index (χ3n) is 6.41. The molecule has 2 fully saturated rings. The van der Waals surface area contributed by atoms with Crippen molar-refractivity contribution in [2.75, 3.05) is 42.8 Å². The van der Waals surface area contributed by atoms with Gasteiger partial charge < -0.3 is 30.4 Å². The smallest absolute Gasteiger partial charge is 0.352 e. The topological polar surface area (TPSA) is 159 Å². The minimum atomic E-state index is -0.441. The van der Waals surface area contributed by atoms with Gasteiger partial charge in [0, 0.05) is 35.9 Å². The minimum Gasteiger partial charge on any atom is -0.486 e. The molecular formula is C26H36N6O6S2. The summed E-state index contributed by atoms with van der Waals surface area (Å²) in [5.74, 6) is 2.55. The molecular weight excluding hydrogens is 556 g/mol. The van der Waals surface area contributed by atoms with Crippen LogP contribution < -0.4 is 22.8 Å². The summed E-state index contributed by atoms with van der Waals surface area (Å²) >= 11 is 3.09. The second-order valence-electron chi connectivity index (χ2n) is 10.4. The number of aromatic nitrogens is 4. The second-order valence-corrected chi connectivity index (χ2v) is 12.6. The first kappa shape index (κ1) is 30.2. The van der Waals surface area contributed by atoms with Crippen molar-refractivity contribution in [2.45, 2.75) is 50.5 Å². The Bertz CT molecular complexity index is 1340. The molecule has 218 valence electrons. The highest BCUT2D eigenvalue weighted by atomic mass is 32.2. The van der Waals surface area contributed by atoms with Gasteiger partial charge in [-0.25, -0.2) is 9.59 Å². The molecule has 2 aromatic heterocycles. The molecule has 5 atom stereocenters. The van der Waals surface area contributed by atoms with Crippen molar-refractivity contribution in [3.8, 4) is 0 Å². The Hall–Kier alpha value is -2.74. The number of rotatable bonds is 12. The van der Waals surface area contributed by atoms with Crippen molar-refractivity contribution in [3.05, 3.63) is 63.6 Å². The van der Waals surface area contributed by atoms with Crippen LogP contribution in [-0.4, -0.2) is 62.0 Å². The van der Waals surface area contributed by atoms with Crippen LogP contribution in [0, 0.1) is 11.3 Å². The van der Waals surface area contributed by atoms with Gasteiger partial charge >= 0.3 is 11.4 Å². The number of hydrogen-bond donors (Lipinski definition) is 2. The molecule has 4 N–H and O–H groups in total. The summed E-state index contributed by atoms with van der Waals surface area (Å²) in [4.78, 5) is 31.7. The number of ether oxygens (including phenoxy) is 4. The van der Waals surface area contributed by atoms with Gasteiger partial charge in [-0.15, -0.1) is 23.5 Å². The lowest BCUT2D eigenvalue weighted by Crippen LogP contribution is -2.29. The highest BCUT2D eigenvalue weighted by molar-refractivity contribution is 8.00. The lowest BCUT2D eigenvalue weighted by Gasteiger charge is -2.30. The van der Waals surface area contributed by atoms with Crippen molar-refractivity contribution >= 4 is 35.2 Å². The summed E-state index contributed by atoms with van der Waals surface area (Å²) in [5.41, 5.74) is 12.2. The number of nitrogen functional groups attached to an aromatic ring is 2. The highest BCUT2D eigenvalue weighted by Crippen LogP contribution is 2.37. The van der Waals surface area contributed by atoms with E-state index in [1.54, 1.807) is 36.3 Å². The maximum atomic E-state index is 12.1.